The molecule has 88 valence electrons. The highest BCUT2D eigenvalue weighted by Gasteiger charge is 2.08. The molecule has 0 spiro atoms. The molecule has 1 N–H and O–H groups in total. The lowest BCUT2D eigenvalue weighted by atomic mass is 10.0. The van der Waals surface area contributed by atoms with Gasteiger partial charge in [0.2, 0.25) is 0 Å². The van der Waals surface area contributed by atoms with Crippen LogP contribution in [-0.2, 0) is 6.42 Å². The van der Waals surface area contributed by atoms with Crippen molar-refractivity contribution in [1.82, 2.24) is 0 Å². The Morgan fingerprint density at radius 2 is 1.88 bits per heavy atom. The maximum absolute atomic E-state index is 12.1. The summed E-state index contributed by atoms with van der Waals surface area (Å²) in [7, 11) is 0. The number of benzene rings is 1. The van der Waals surface area contributed by atoms with Crippen molar-refractivity contribution >= 4 is 0 Å². The zero-order chi connectivity index (χ0) is 12.0. The number of aliphatic hydroxyl groups excluding tert-OH is 1. The van der Waals surface area contributed by atoms with Crippen molar-refractivity contribution in [3.8, 4) is 0 Å². The number of hydrogen-bond donors (Lipinski definition) is 1. The molecule has 0 aromatic heterocycles. The van der Waals surface area contributed by atoms with E-state index in [1.54, 1.807) is 0 Å². The molecule has 1 nitrogen and oxygen atoms in total. The maximum atomic E-state index is 12.1. The van der Waals surface area contributed by atoms with Crippen molar-refractivity contribution in [1.29, 1.82) is 0 Å². The monoisotopic (exact) mass is 226 g/mol. The van der Waals surface area contributed by atoms with E-state index in [0.717, 1.165) is 5.56 Å². The quantitative estimate of drug-likeness (QED) is 0.814. The van der Waals surface area contributed by atoms with Crippen molar-refractivity contribution in [2.45, 2.75) is 32.3 Å². The van der Waals surface area contributed by atoms with E-state index in [4.69, 9.17) is 0 Å². The summed E-state index contributed by atoms with van der Waals surface area (Å²) in [5.74, 6) is 0. The minimum absolute atomic E-state index is 0.0273. The summed E-state index contributed by atoms with van der Waals surface area (Å²) < 4.78 is 24.2. The van der Waals surface area contributed by atoms with Crippen molar-refractivity contribution in [2.75, 3.05) is 0 Å². The van der Waals surface area contributed by atoms with E-state index in [-0.39, 0.29) is 12.0 Å². The molecule has 0 heterocycles. The van der Waals surface area contributed by atoms with Gasteiger partial charge in [0, 0.05) is 0 Å². The normalized spacial score (nSPS) is 12.2. The Morgan fingerprint density at radius 3 is 2.44 bits per heavy atom. The number of hydrogen-bond acceptors (Lipinski definition) is 1. The molecule has 0 aliphatic carbocycles. The van der Waals surface area contributed by atoms with Gasteiger partial charge in [-0.05, 0) is 37.3 Å². The summed E-state index contributed by atoms with van der Waals surface area (Å²) in [6.45, 7) is 1.35. The molecular weight excluding hydrogens is 210 g/mol. The van der Waals surface area contributed by atoms with Crippen LogP contribution in [0.25, 0.3) is 0 Å². The predicted molar refractivity (Wildman–Crippen MR) is 60.3 cm³/mol. The molecule has 1 aromatic carbocycles. The minimum atomic E-state index is -1.68. The van der Waals surface area contributed by atoms with E-state index in [0.29, 0.717) is 12.8 Å². The van der Waals surface area contributed by atoms with E-state index in [9.17, 15) is 13.9 Å². The summed E-state index contributed by atoms with van der Waals surface area (Å²) in [6.07, 6.45) is -1.10. The molecule has 0 bridgehead atoms. The highest BCUT2D eigenvalue weighted by Crippen LogP contribution is 2.16. The Balaban J connectivity index is 2.36. The average Bonchev–Trinajstić information content (AvgIpc) is 2.27. The van der Waals surface area contributed by atoms with Gasteiger partial charge in [-0.1, -0.05) is 30.3 Å². The van der Waals surface area contributed by atoms with Crippen LogP contribution in [-0.4, -0.2) is 11.2 Å². The van der Waals surface area contributed by atoms with Gasteiger partial charge in [-0.2, -0.15) is 8.78 Å². The zero-order valence-corrected chi connectivity index (χ0v) is 9.29. The fourth-order valence-corrected chi connectivity index (χ4v) is 1.51. The molecule has 1 rings (SSSR count). The summed E-state index contributed by atoms with van der Waals surface area (Å²) in [6, 6.07) is 9.70. The lowest BCUT2D eigenvalue weighted by molar-refractivity contribution is 0.162. The molecule has 0 fully saturated rings. The Morgan fingerprint density at radius 1 is 1.25 bits per heavy atom. The van der Waals surface area contributed by atoms with Crippen LogP contribution in [0.5, 0.6) is 0 Å². The van der Waals surface area contributed by atoms with Crippen LogP contribution >= 0.6 is 0 Å². The van der Waals surface area contributed by atoms with E-state index in [1.165, 1.54) is 6.92 Å². The van der Waals surface area contributed by atoms with Gasteiger partial charge in [-0.3, -0.25) is 0 Å². The first-order valence-electron chi connectivity index (χ1n) is 5.32. The van der Waals surface area contributed by atoms with E-state index < -0.39 is 12.2 Å². The molecule has 0 saturated heterocycles. The highest BCUT2D eigenvalue weighted by molar-refractivity contribution is 5.14. The molecule has 0 aliphatic rings. The highest BCUT2D eigenvalue weighted by atomic mass is 19.3. The largest absolute Gasteiger partial charge is 0.393 e. The van der Waals surface area contributed by atoms with Crippen LogP contribution in [0.4, 0.5) is 8.78 Å². The Kier molecular flexibility index (Phi) is 5.12. The zero-order valence-electron chi connectivity index (χ0n) is 9.29. The lowest BCUT2D eigenvalue weighted by Crippen LogP contribution is -2.08. The molecule has 0 radical (unpaired) electrons. The predicted octanol–water partition coefficient (Wildman–Crippen LogP) is 3.54. The van der Waals surface area contributed by atoms with Crippen molar-refractivity contribution in [2.24, 2.45) is 0 Å². The standard InChI is InChI=1S/C13H16F2O/c1-10(13(14)15)9-12(16)8-7-11-5-3-2-4-6-11/h2-6,12,16H,7-9H2,1H3. The summed E-state index contributed by atoms with van der Waals surface area (Å²) in [5, 5.41) is 9.56. The number of rotatable bonds is 5. The molecule has 3 heteroatoms. The van der Waals surface area contributed by atoms with Gasteiger partial charge in [0.25, 0.3) is 6.08 Å². The third-order valence-electron chi connectivity index (χ3n) is 2.47. The number of aryl methyl sites for hydroxylation is 1. The maximum Gasteiger partial charge on any atom is 0.269 e. The van der Waals surface area contributed by atoms with Gasteiger partial charge in [-0.25, -0.2) is 0 Å². The molecule has 0 amide bonds. The molecule has 1 atom stereocenters. The van der Waals surface area contributed by atoms with Gasteiger partial charge in [0.1, 0.15) is 0 Å². The van der Waals surface area contributed by atoms with Crippen molar-refractivity contribution < 1.29 is 13.9 Å². The number of aliphatic hydroxyl groups is 1. The third-order valence-corrected chi connectivity index (χ3v) is 2.47. The summed E-state index contributed by atoms with van der Waals surface area (Å²) in [5.41, 5.74) is 1.09. The average molecular weight is 226 g/mol. The molecular formula is C13H16F2O. The smallest absolute Gasteiger partial charge is 0.269 e. The van der Waals surface area contributed by atoms with Gasteiger partial charge in [-0.15, -0.1) is 0 Å². The van der Waals surface area contributed by atoms with Crippen LogP contribution in [0.2, 0.25) is 0 Å². The second-order valence-electron chi connectivity index (χ2n) is 3.92. The number of halogens is 2. The first-order chi connectivity index (χ1) is 7.59. The molecule has 0 saturated carbocycles. The Labute approximate surface area is 94.4 Å². The molecule has 1 unspecified atom stereocenters. The van der Waals surface area contributed by atoms with Gasteiger partial charge < -0.3 is 5.11 Å². The summed E-state index contributed by atoms with van der Waals surface area (Å²) >= 11 is 0. The van der Waals surface area contributed by atoms with Crippen LogP contribution in [0.15, 0.2) is 42.0 Å². The summed E-state index contributed by atoms with van der Waals surface area (Å²) in [4.78, 5) is 0. The van der Waals surface area contributed by atoms with E-state index in [2.05, 4.69) is 0 Å². The first-order valence-corrected chi connectivity index (χ1v) is 5.32. The van der Waals surface area contributed by atoms with Crippen LogP contribution < -0.4 is 0 Å². The molecule has 1 aromatic rings. The first kappa shape index (κ1) is 12.8. The van der Waals surface area contributed by atoms with Crippen molar-refractivity contribution in [3.63, 3.8) is 0 Å². The third kappa shape index (κ3) is 4.53. The fraction of sp³-hybridized carbons (Fsp3) is 0.385. The lowest BCUT2D eigenvalue weighted by Gasteiger charge is -2.10. The van der Waals surface area contributed by atoms with Crippen LogP contribution in [0.3, 0.4) is 0 Å². The minimum Gasteiger partial charge on any atom is -0.393 e. The van der Waals surface area contributed by atoms with Crippen LogP contribution in [0.1, 0.15) is 25.3 Å². The molecule has 0 aliphatic heterocycles. The fourth-order valence-electron chi connectivity index (χ4n) is 1.51. The van der Waals surface area contributed by atoms with E-state index >= 15 is 0 Å². The Bertz CT molecular complexity index is 342. The van der Waals surface area contributed by atoms with E-state index in [1.807, 2.05) is 30.3 Å². The van der Waals surface area contributed by atoms with Gasteiger partial charge in [0.15, 0.2) is 0 Å². The van der Waals surface area contributed by atoms with Crippen molar-refractivity contribution in [3.05, 3.63) is 47.5 Å². The topological polar surface area (TPSA) is 20.2 Å². The van der Waals surface area contributed by atoms with Crippen LogP contribution in [0, 0.1) is 0 Å². The van der Waals surface area contributed by atoms with Gasteiger partial charge in [0.05, 0.1) is 6.10 Å². The SMILES string of the molecule is CC(CC(O)CCc1ccccc1)=C(F)F. The second-order valence-corrected chi connectivity index (χ2v) is 3.92. The second kappa shape index (κ2) is 6.38. The molecule has 16 heavy (non-hydrogen) atoms. The Hall–Kier alpha value is -1.22. The van der Waals surface area contributed by atoms with Gasteiger partial charge >= 0.3 is 0 Å².